The van der Waals surface area contributed by atoms with Crippen molar-refractivity contribution in [3.05, 3.63) is 33.7 Å². The number of amides is 1. The van der Waals surface area contributed by atoms with Crippen LogP contribution in [-0.4, -0.2) is 66.1 Å². The zero-order valence-corrected chi connectivity index (χ0v) is 16.2. The second-order valence-electron chi connectivity index (χ2n) is 7.82. The summed E-state index contributed by atoms with van der Waals surface area (Å²) in [5.41, 5.74) is 1.23. The minimum absolute atomic E-state index is 0.0439. The summed E-state index contributed by atoms with van der Waals surface area (Å²) in [6.45, 7) is 11.6. The number of morpholine rings is 1. The van der Waals surface area contributed by atoms with Gasteiger partial charge in [0.25, 0.3) is 5.91 Å². The molecule has 2 saturated heterocycles. The van der Waals surface area contributed by atoms with E-state index in [2.05, 4.69) is 16.8 Å². The number of ether oxygens (including phenoxy) is 1. The normalized spacial score (nSPS) is 21.2. The molecule has 1 aromatic rings. The summed E-state index contributed by atoms with van der Waals surface area (Å²) in [4.78, 5) is 31.9. The summed E-state index contributed by atoms with van der Waals surface area (Å²) in [7, 11) is 0. The highest BCUT2D eigenvalue weighted by Crippen LogP contribution is 2.26. The van der Waals surface area contributed by atoms with Gasteiger partial charge >= 0.3 is 0 Å². The molecule has 0 radical (unpaired) electrons. The summed E-state index contributed by atoms with van der Waals surface area (Å²) >= 11 is 0. The van der Waals surface area contributed by atoms with Crippen LogP contribution in [0.25, 0.3) is 0 Å². The number of nitrogens with zero attached hydrogens (tertiary/aromatic N) is 2. The lowest BCUT2D eigenvalue weighted by Crippen LogP contribution is -2.49. The van der Waals surface area contributed by atoms with Crippen molar-refractivity contribution in [2.24, 2.45) is 5.92 Å². The second kappa shape index (κ2) is 8.35. The number of H-pyrrole nitrogens is 1. The predicted octanol–water partition coefficient (Wildman–Crippen LogP) is 2.07. The van der Waals surface area contributed by atoms with Gasteiger partial charge in [-0.1, -0.05) is 13.8 Å². The van der Waals surface area contributed by atoms with Crippen molar-refractivity contribution in [2.75, 3.05) is 39.4 Å². The zero-order valence-electron chi connectivity index (χ0n) is 16.2. The molecule has 2 fully saturated rings. The first kappa shape index (κ1) is 19.1. The Morgan fingerprint density at radius 3 is 2.38 bits per heavy atom. The van der Waals surface area contributed by atoms with E-state index in [9.17, 15) is 9.59 Å². The maximum Gasteiger partial charge on any atom is 0.255 e. The molecule has 0 saturated carbocycles. The molecule has 1 unspecified atom stereocenters. The third-order valence-electron chi connectivity index (χ3n) is 5.89. The number of aromatic nitrogens is 1. The van der Waals surface area contributed by atoms with Crippen molar-refractivity contribution in [1.82, 2.24) is 14.8 Å². The van der Waals surface area contributed by atoms with Crippen LogP contribution in [0.1, 0.15) is 55.6 Å². The van der Waals surface area contributed by atoms with Gasteiger partial charge in [0, 0.05) is 44.0 Å². The average molecular weight is 361 g/mol. The lowest BCUT2D eigenvalue weighted by molar-refractivity contribution is -0.000962. The summed E-state index contributed by atoms with van der Waals surface area (Å²) < 4.78 is 5.45. The van der Waals surface area contributed by atoms with Gasteiger partial charge in [-0.25, -0.2) is 0 Å². The molecule has 6 heteroatoms. The average Bonchev–Trinajstić information content (AvgIpc) is 2.67. The molecule has 0 bridgehead atoms. The number of hydrogen-bond donors (Lipinski definition) is 1. The number of nitrogens with one attached hydrogen (secondary N) is 1. The minimum Gasteiger partial charge on any atom is -0.379 e. The van der Waals surface area contributed by atoms with Crippen molar-refractivity contribution in [1.29, 1.82) is 0 Å². The first-order chi connectivity index (χ1) is 12.5. The van der Waals surface area contributed by atoms with E-state index in [4.69, 9.17) is 4.74 Å². The molecule has 1 amide bonds. The fourth-order valence-electron chi connectivity index (χ4n) is 4.17. The molecule has 0 spiro atoms. The van der Waals surface area contributed by atoms with Crippen LogP contribution in [0, 0.1) is 5.92 Å². The van der Waals surface area contributed by atoms with Crippen LogP contribution in [0.5, 0.6) is 0 Å². The van der Waals surface area contributed by atoms with Gasteiger partial charge < -0.3 is 14.6 Å². The number of piperidine rings is 1. The van der Waals surface area contributed by atoms with E-state index in [1.54, 1.807) is 6.07 Å². The van der Waals surface area contributed by atoms with Crippen molar-refractivity contribution >= 4 is 5.91 Å². The molecule has 1 atom stereocenters. The highest BCUT2D eigenvalue weighted by molar-refractivity contribution is 5.95. The van der Waals surface area contributed by atoms with Crippen LogP contribution >= 0.6 is 0 Å². The molecule has 0 aromatic carbocycles. The highest BCUT2D eigenvalue weighted by Gasteiger charge is 2.31. The summed E-state index contributed by atoms with van der Waals surface area (Å²) in [6, 6.07) is 3.67. The largest absolute Gasteiger partial charge is 0.379 e. The predicted molar refractivity (Wildman–Crippen MR) is 102 cm³/mol. The molecule has 3 rings (SSSR count). The quantitative estimate of drug-likeness (QED) is 0.892. The molecule has 26 heavy (non-hydrogen) atoms. The smallest absolute Gasteiger partial charge is 0.255 e. The number of carbonyl (C=O) groups excluding carboxylic acids is 1. The first-order valence-corrected chi connectivity index (χ1v) is 9.81. The first-order valence-electron chi connectivity index (χ1n) is 9.81. The summed E-state index contributed by atoms with van der Waals surface area (Å²) in [6.07, 6.45) is 2.06. The Kier molecular flexibility index (Phi) is 6.14. The van der Waals surface area contributed by atoms with Gasteiger partial charge in [-0.15, -0.1) is 0 Å². The number of carbonyl (C=O) groups is 1. The molecule has 2 aliphatic rings. The second-order valence-corrected chi connectivity index (χ2v) is 7.82. The maximum absolute atomic E-state index is 13.0. The van der Waals surface area contributed by atoms with Crippen molar-refractivity contribution < 1.29 is 9.53 Å². The van der Waals surface area contributed by atoms with E-state index in [1.807, 2.05) is 18.7 Å². The molecule has 6 nitrogen and oxygen atoms in total. The molecule has 1 aromatic heterocycles. The zero-order chi connectivity index (χ0) is 18.7. The lowest BCUT2D eigenvalue weighted by atomic mass is 9.88. The fraction of sp³-hybridized carbons (Fsp3) is 0.700. The molecule has 3 heterocycles. The van der Waals surface area contributed by atoms with E-state index in [0.29, 0.717) is 17.5 Å². The molecule has 2 aliphatic heterocycles. The SMILES string of the molecule is CC(C)c1[nH]c(=O)ccc1C(=O)N1CCC(C(C)N2CCOCC2)CC1. The van der Waals surface area contributed by atoms with Gasteiger partial charge in [-0.3, -0.25) is 14.5 Å². The van der Waals surface area contributed by atoms with Crippen LogP contribution in [0.2, 0.25) is 0 Å². The van der Waals surface area contributed by atoms with Gasteiger partial charge in [0.15, 0.2) is 0 Å². The van der Waals surface area contributed by atoms with Crippen LogP contribution in [0.3, 0.4) is 0 Å². The Balaban J connectivity index is 1.63. The van der Waals surface area contributed by atoms with Gasteiger partial charge in [0.2, 0.25) is 5.56 Å². The molecule has 144 valence electrons. The standard InChI is InChI=1S/C20H31N3O3/c1-14(2)19-17(4-5-18(24)21-19)20(25)23-8-6-16(7-9-23)15(3)22-10-12-26-13-11-22/h4-5,14-16H,6-13H2,1-3H3,(H,21,24). The Hall–Kier alpha value is -1.66. The molecule has 1 N–H and O–H groups in total. The summed E-state index contributed by atoms with van der Waals surface area (Å²) in [5.74, 6) is 0.779. The van der Waals surface area contributed by atoms with E-state index < -0.39 is 0 Å². The Morgan fingerprint density at radius 2 is 1.77 bits per heavy atom. The highest BCUT2D eigenvalue weighted by atomic mass is 16.5. The van der Waals surface area contributed by atoms with Gasteiger partial charge in [-0.05, 0) is 37.7 Å². The van der Waals surface area contributed by atoms with Gasteiger partial charge in [-0.2, -0.15) is 0 Å². The van der Waals surface area contributed by atoms with Crippen LogP contribution in [0.4, 0.5) is 0 Å². The monoisotopic (exact) mass is 361 g/mol. The minimum atomic E-state index is -0.150. The molecule has 0 aliphatic carbocycles. The third-order valence-corrected chi connectivity index (χ3v) is 5.89. The Labute approximate surface area is 155 Å². The van der Waals surface area contributed by atoms with E-state index >= 15 is 0 Å². The topological polar surface area (TPSA) is 65.6 Å². The number of rotatable bonds is 4. The van der Waals surface area contributed by atoms with Crippen LogP contribution < -0.4 is 5.56 Å². The number of pyridine rings is 1. The van der Waals surface area contributed by atoms with Crippen molar-refractivity contribution in [3.63, 3.8) is 0 Å². The van der Waals surface area contributed by atoms with E-state index in [1.165, 1.54) is 6.07 Å². The van der Waals surface area contributed by atoms with Gasteiger partial charge in [0.05, 0.1) is 18.8 Å². The maximum atomic E-state index is 13.0. The lowest BCUT2D eigenvalue weighted by Gasteiger charge is -2.41. The van der Waals surface area contributed by atoms with Gasteiger partial charge in [0.1, 0.15) is 0 Å². The Morgan fingerprint density at radius 1 is 1.12 bits per heavy atom. The van der Waals surface area contributed by atoms with Crippen molar-refractivity contribution in [3.8, 4) is 0 Å². The van der Waals surface area contributed by atoms with Crippen LogP contribution in [-0.2, 0) is 4.74 Å². The third kappa shape index (κ3) is 4.18. The summed E-state index contributed by atoms with van der Waals surface area (Å²) in [5, 5.41) is 0. The molecular formula is C20H31N3O3. The molecular weight excluding hydrogens is 330 g/mol. The van der Waals surface area contributed by atoms with E-state index in [0.717, 1.165) is 57.9 Å². The number of aromatic amines is 1. The van der Waals surface area contributed by atoms with Crippen molar-refractivity contribution in [2.45, 2.75) is 45.6 Å². The van der Waals surface area contributed by atoms with E-state index in [-0.39, 0.29) is 17.4 Å². The fourth-order valence-corrected chi connectivity index (χ4v) is 4.17. The van der Waals surface area contributed by atoms with Crippen LogP contribution in [0.15, 0.2) is 16.9 Å². The number of likely N-dealkylation sites (tertiary alicyclic amines) is 1. The Bertz CT molecular complexity index is 671. The number of hydrogen-bond acceptors (Lipinski definition) is 4.